The van der Waals surface area contributed by atoms with Crippen LogP contribution in [0.1, 0.15) is 21.6 Å². The zero-order valence-corrected chi connectivity index (χ0v) is 11.6. The molecule has 2 aromatic rings. The molecule has 1 aromatic carbocycles. The largest absolute Gasteiger partial charge is 0.387 e. The lowest BCUT2D eigenvalue weighted by molar-refractivity contribution is 0.102. The van der Waals surface area contributed by atoms with Gasteiger partial charge >= 0.3 is 0 Å². The average molecular weight is 273 g/mol. The summed E-state index contributed by atoms with van der Waals surface area (Å²) in [5.41, 5.74) is 2.78. The molecule has 2 N–H and O–H groups in total. The molecule has 0 bridgehead atoms. The van der Waals surface area contributed by atoms with E-state index in [0.29, 0.717) is 11.3 Å². The van der Waals surface area contributed by atoms with E-state index in [-0.39, 0.29) is 5.69 Å². The Hall–Kier alpha value is -2.43. The molecule has 0 saturated heterocycles. The van der Waals surface area contributed by atoms with E-state index in [0.717, 1.165) is 11.3 Å². The molecule has 0 unspecified atom stereocenters. The predicted molar refractivity (Wildman–Crippen MR) is 77.6 cm³/mol. The molecule has 20 heavy (non-hydrogen) atoms. The fourth-order valence-electron chi connectivity index (χ4n) is 1.86. The molecule has 1 heterocycles. The van der Waals surface area contributed by atoms with Gasteiger partial charge in [-0.3, -0.25) is 9.78 Å². The third-order valence-electron chi connectivity index (χ3n) is 2.93. The highest BCUT2D eigenvalue weighted by atomic mass is 19.1. The molecule has 2 rings (SSSR count). The molecule has 0 spiro atoms. The summed E-state index contributed by atoms with van der Waals surface area (Å²) in [4.78, 5) is 16.3. The standard InChI is InChI=1S/C15H16FN3O/c1-9-4-5-13(12(16)6-9)19-15(20)11-8-18-10(2)7-14(11)17-3/h4-8H,1-3H3,(H,17,18)(H,19,20). The van der Waals surface area contributed by atoms with E-state index in [1.807, 2.05) is 6.92 Å². The first-order chi connectivity index (χ1) is 9.51. The molecule has 0 aliphatic heterocycles. The zero-order valence-electron chi connectivity index (χ0n) is 11.6. The molecule has 0 radical (unpaired) electrons. The zero-order chi connectivity index (χ0) is 14.7. The number of nitrogens with zero attached hydrogens (tertiary/aromatic N) is 1. The van der Waals surface area contributed by atoms with Crippen molar-refractivity contribution >= 4 is 17.3 Å². The predicted octanol–water partition coefficient (Wildman–Crippen LogP) is 3.13. The molecule has 1 amide bonds. The van der Waals surface area contributed by atoms with Crippen LogP contribution in [0.5, 0.6) is 0 Å². The van der Waals surface area contributed by atoms with Crippen LogP contribution in [0, 0.1) is 19.7 Å². The SMILES string of the molecule is CNc1cc(C)ncc1C(=O)Nc1ccc(C)cc1F. The van der Waals surface area contributed by atoms with Crippen LogP contribution in [-0.4, -0.2) is 17.9 Å². The lowest BCUT2D eigenvalue weighted by Gasteiger charge is -2.11. The first-order valence-corrected chi connectivity index (χ1v) is 6.23. The summed E-state index contributed by atoms with van der Waals surface area (Å²) >= 11 is 0. The first-order valence-electron chi connectivity index (χ1n) is 6.23. The molecule has 104 valence electrons. The number of benzene rings is 1. The Morgan fingerprint density at radius 2 is 1.95 bits per heavy atom. The van der Waals surface area contributed by atoms with Crippen molar-refractivity contribution in [2.75, 3.05) is 17.7 Å². The van der Waals surface area contributed by atoms with Crippen LogP contribution < -0.4 is 10.6 Å². The summed E-state index contributed by atoms with van der Waals surface area (Å²) < 4.78 is 13.7. The molecule has 1 aromatic heterocycles. The second-order valence-corrected chi connectivity index (χ2v) is 4.56. The Morgan fingerprint density at radius 3 is 2.60 bits per heavy atom. The van der Waals surface area contributed by atoms with Crippen LogP contribution in [-0.2, 0) is 0 Å². The number of aryl methyl sites for hydroxylation is 2. The quantitative estimate of drug-likeness (QED) is 0.903. The van der Waals surface area contributed by atoms with Gasteiger partial charge in [0.2, 0.25) is 0 Å². The number of aromatic nitrogens is 1. The summed E-state index contributed by atoms with van der Waals surface area (Å²) in [6.07, 6.45) is 1.47. The maximum Gasteiger partial charge on any atom is 0.259 e. The van der Waals surface area contributed by atoms with Gasteiger partial charge in [-0.2, -0.15) is 0 Å². The summed E-state index contributed by atoms with van der Waals surface area (Å²) in [5.74, 6) is -0.853. The minimum atomic E-state index is -0.454. The number of rotatable bonds is 3. The van der Waals surface area contributed by atoms with E-state index in [2.05, 4.69) is 15.6 Å². The van der Waals surface area contributed by atoms with Gasteiger partial charge in [0.1, 0.15) is 5.82 Å². The van der Waals surface area contributed by atoms with Gasteiger partial charge in [0.15, 0.2) is 0 Å². The van der Waals surface area contributed by atoms with Crippen molar-refractivity contribution in [1.29, 1.82) is 0 Å². The van der Waals surface area contributed by atoms with Gasteiger partial charge in [-0.1, -0.05) is 6.07 Å². The van der Waals surface area contributed by atoms with Gasteiger partial charge in [-0.25, -0.2) is 4.39 Å². The monoisotopic (exact) mass is 273 g/mol. The topological polar surface area (TPSA) is 54.0 Å². The molecular formula is C15H16FN3O. The summed E-state index contributed by atoms with van der Waals surface area (Å²) in [6, 6.07) is 6.43. The van der Waals surface area contributed by atoms with E-state index in [1.165, 1.54) is 12.3 Å². The number of pyridine rings is 1. The Morgan fingerprint density at radius 1 is 1.20 bits per heavy atom. The highest BCUT2D eigenvalue weighted by molar-refractivity contribution is 6.07. The highest BCUT2D eigenvalue weighted by Gasteiger charge is 2.13. The number of carbonyl (C=O) groups excluding carboxylic acids is 1. The first kappa shape index (κ1) is 14.0. The van der Waals surface area contributed by atoms with Crippen LogP contribution in [0.2, 0.25) is 0 Å². The van der Waals surface area contributed by atoms with E-state index in [1.54, 1.807) is 32.2 Å². The van der Waals surface area contributed by atoms with Gasteiger partial charge in [0.25, 0.3) is 5.91 Å². The fourth-order valence-corrected chi connectivity index (χ4v) is 1.86. The van der Waals surface area contributed by atoms with Gasteiger partial charge in [0, 0.05) is 18.9 Å². The van der Waals surface area contributed by atoms with Gasteiger partial charge in [-0.15, -0.1) is 0 Å². The summed E-state index contributed by atoms with van der Waals surface area (Å²) in [6.45, 7) is 3.62. The Labute approximate surface area is 117 Å². The molecule has 0 aliphatic rings. The van der Waals surface area contributed by atoms with E-state index >= 15 is 0 Å². The van der Waals surface area contributed by atoms with Crippen molar-refractivity contribution in [1.82, 2.24) is 4.98 Å². The lowest BCUT2D eigenvalue weighted by Crippen LogP contribution is -2.15. The molecule has 5 heteroatoms. The van der Waals surface area contributed by atoms with Crippen LogP contribution >= 0.6 is 0 Å². The van der Waals surface area contributed by atoms with Gasteiger partial charge in [-0.05, 0) is 37.6 Å². The van der Waals surface area contributed by atoms with Crippen LogP contribution in [0.25, 0.3) is 0 Å². The number of anilines is 2. The highest BCUT2D eigenvalue weighted by Crippen LogP contribution is 2.19. The number of carbonyl (C=O) groups is 1. The molecule has 0 aliphatic carbocycles. The van der Waals surface area contributed by atoms with Crippen LogP contribution in [0.4, 0.5) is 15.8 Å². The Kier molecular flexibility index (Phi) is 3.98. The van der Waals surface area contributed by atoms with Crippen molar-refractivity contribution in [2.24, 2.45) is 0 Å². The van der Waals surface area contributed by atoms with Gasteiger partial charge in [0.05, 0.1) is 16.9 Å². The minimum Gasteiger partial charge on any atom is -0.387 e. The second kappa shape index (κ2) is 5.69. The van der Waals surface area contributed by atoms with E-state index in [4.69, 9.17) is 0 Å². The number of halogens is 1. The van der Waals surface area contributed by atoms with Crippen molar-refractivity contribution in [3.05, 3.63) is 53.1 Å². The summed E-state index contributed by atoms with van der Waals surface area (Å²) in [5, 5.41) is 5.49. The number of hydrogen-bond donors (Lipinski definition) is 2. The smallest absolute Gasteiger partial charge is 0.259 e. The molecule has 0 atom stereocenters. The van der Waals surface area contributed by atoms with E-state index in [9.17, 15) is 9.18 Å². The third-order valence-corrected chi connectivity index (χ3v) is 2.93. The van der Waals surface area contributed by atoms with Gasteiger partial charge < -0.3 is 10.6 Å². The average Bonchev–Trinajstić information content (AvgIpc) is 2.41. The minimum absolute atomic E-state index is 0.156. The normalized spacial score (nSPS) is 10.2. The van der Waals surface area contributed by atoms with Crippen molar-refractivity contribution in [3.8, 4) is 0 Å². The molecule has 0 saturated carbocycles. The second-order valence-electron chi connectivity index (χ2n) is 4.56. The maximum absolute atomic E-state index is 13.7. The number of nitrogens with one attached hydrogen (secondary N) is 2. The molecular weight excluding hydrogens is 257 g/mol. The summed E-state index contributed by atoms with van der Waals surface area (Å²) in [7, 11) is 1.72. The number of hydrogen-bond acceptors (Lipinski definition) is 3. The van der Waals surface area contributed by atoms with Crippen LogP contribution in [0.15, 0.2) is 30.5 Å². The van der Waals surface area contributed by atoms with Crippen molar-refractivity contribution in [2.45, 2.75) is 13.8 Å². The Balaban J connectivity index is 2.28. The number of amides is 1. The maximum atomic E-state index is 13.7. The van der Waals surface area contributed by atoms with Crippen molar-refractivity contribution in [3.63, 3.8) is 0 Å². The Bertz CT molecular complexity index is 656. The fraction of sp³-hybridized carbons (Fsp3) is 0.200. The molecule has 4 nitrogen and oxygen atoms in total. The van der Waals surface area contributed by atoms with E-state index < -0.39 is 11.7 Å². The molecule has 0 fully saturated rings. The lowest BCUT2D eigenvalue weighted by atomic mass is 10.1. The van der Waals surface area contributed by atoms with Crippen LogP contribution in [0.3, 0.4) is 0 Å². The van der Waals surface area contributed by atoms with Crippen molar-refractivity contribution < 1.29 is 9.18 Å². The third kappa shape index (κ3) is 2.93.